The van der Waals surface area contributed by atoms with E-state index in [1.807, 2.05) is 7.05 Å². The Morgan fingerprint density at radius 2 is 2.00 bits per heavy atom. The van der Waals surface area contributed by atoms with Crippen LogP contribution in [0.15, 0.2) is 29.3 Å². The third-order valence-corrected chi connectivity index (χ3v) is 5.94. The molecular weight excluding hydrogens is 491 g/mol. The van der Waals surface area contributed by atoms with Gasteiger partial charge in [0, 0.05) is 51.5 Å². The van der Waals surface area contributed by atoms with Crippen molar-refractivity contribution >= 4 is 41.5 Å². The number of rotatable bonds is 7. The molecule has 168 valence electrons. The van der Waals surface area contributed by atoms with E-state index in [0.29, 0.717) is 13.1 Å². The van der Waals surface area contributed by atoms with E-state index in [4.69, 9.17) is 0 Å². The van der Waals surface area contributed by atoms with Gasteiger partial charge in [0.05, 0.1) is 6.54 Å². The highest BCUT2D eigenvalue weighted by atomic mass is 127. The molecule has 3 rings (SSSR count). The number of aliphatic imine (C=N–C) groups is 1. The van der Waals surface area contributed by atoms with Gasteiger partial charge in [0.25, 0.3) is 0 Å². The van der Waals surface area contributed by atoms with Crippen molar-refractivity contribution in [3.05, 3.63) is 29.8 Å². The van der Waals surface area contributed by atoms with Gasteiger partial charge in [-0.25, -0.2) is 0 Å². The smallest absolute Gasteiger partial charge is 0.239 e. The van der Waals surface area contributed by atoms with Crippen LogP contribution in [0.25, 0.3) is 0 Å². The lowest BCUT2D eigenvalue weighted by Crippen LogP contribution is -2.47. The quantitative estimate of drug-likeness (QED) is 0.288. The highest BCUT2D eigenvalue weighted by molar-refractivity contribution is 14.0. The van der Waals surface area contributed by atoms with Crippen LogP contribution in [0, 0.1) is 0 Å². The van der Waals surface area contributed by atoms with E-state index in [2.05, 4.69) is 61.9 Å². The number of guanidine groups is 1. The second kappa shape index (κ2) is 13.0. The molecule has 30 heavy (non-hydrogen) atoms. The first-order valence-corrected chi connectivity index (χ1v) is 11.0. The third kappa shape index (κ3) is 7.30. The minimum absolute atomic E-state index is 0. The maximum atomic E-state index is 11.6. The Morgan fingerprint density at radius 3 is 2.70 bits per heavy atom. The first kappa shape index (κ1) is 24.7. The van der Waals surface area contributed by atoms with E-state index in [-0.39, 0.29) is 29.9 Å². The first-order chi connectivity index (χ1) is 14.2. The number of hydrogen-bond donors (Lipinski definition) is 3. The summed E-state index contributed by atoms with van der Waals surface area (Å²) in [5, 5.41) is 9.70. The zero-order chi connectivity index (χ0) is 20.5. The Labute approximate surface area is 198 Å². The fourth-order valence-corrected chi connectivity index (χ4v) is 4.22. The standard InChI is InChI=1S/C22H36N6O.HI/c1-3-19-6-4-5-13-27(19)14-12-25-22(23-2)26-16-18-7-9-20(10-8-18)28-15-11-24-21(29)17-28;/h7-10,19H,3-6,11-17H2,1-2H3,(H,24,29)(H2,23,25,26);1H. The minimum atomic E-state index is 0. The fourth-order valence-electron chi connectivity index (χ4n) is 4.22. The molecule has 0 aliphatic carbocycles. The van der Waals surface area contributed by atoms with Crippen LogP contribution < -0.4 is 20.9 Å². The number of carbonyl (C=O) groups is 1. The lowest BCUT2D eigenvalue weighted by atomic mass is 10.0. The van der Waals surface area contributed by atoms with Crippen molar-refractivity contribution in [1.29, 1.82) is 0 Å². The summed E-state index contributed by atoms with van der Waals surface area (Å²) in [7, 11) is 1.82. The molecule has 0 aromatic heterocycles. The number of hydrogen-bond acceptors (Lipinski definition) is 4. The molecule has 2 fully saturated rings. The van der Waals surface area contributed by atoms with Gasteiger partial charge >= 0.3 is 0 Å². The van der Waals surface area contributed by atoms with Crippen LogP contribution in [-0.4, -0.2) is 69.1 Å². The largest absolute Gasteiger partial charge is 0.360 e. The number of anilines is 1. The van der Waals surface area contributed by atoms with Crippen LogP contribution in [0.5, 0.6) is 0 Å². The number of piperidine rings is 1. The molecule has 1 atom stereocenters. The zero-order valence-corrected chi connectivity index (χ0v) is 20.7. The highest BCUT2D eigenvalue weighted by Crippen LogP contribution is 2.18. The molecule has 1 unspecified atom stereocenters. The lowest BCUT2D eigenvalue weighted by molar-refractivity contribution is -0.120. The Morgan fingerprint density at radius 1 is 1.20 bits per heavy atom. The number of halogens is 1. The second-order valence-corrected chi connectivity index (χ2v) is 7.88. The molecule has 8 heteroatoms. The zero-order valence-electron chi connectivity index (χ0n) is 18.3. The molecule has 2 saturated heterocycles. The molecule has 2 heterocycles. The van der Waals surface area contributed by atoms with Gasteiger partial charge in [-0.1, -0.05) is 25.5 Å². The monoisotopic (exact) mass is 528 g/mol. The van der Waals surface area contributed by atoms with E-state index in [9.17, 15) is 4.79 Å². The Kier molecular flexibility index (Phi) is 10.7. The molecule has 7 nitrogen and oxygen atoms in total. The Hall–Kier alpha value is -1.55. The molecule has 0 saturated carbocycles. The summed E-state index contributed by atoms with van der Waals surface area (Å²) in [5.74, 6) is 0.929. The van der Waals surface area contributed by atoms with Gasteiger partial charge in [0.15, 0.2) is 5.96 Å². The summed E-state index contributed by atoms with van der Waals surface area (Å²) >= 11 is 0. The van der Waals surface area contributed by atoms with Crippen molar-refractivity contribution in [2.45, 2.75) is 45.2 Å². The number of amides is 1. The van der Waals surface area contributed by atoms with Gasteiger partial charge in [-0.05, 0) is 43.5 Å². The Balaban J connectivity index is 0.00000320. The van der Waals surface area contributed by atoms with Gasteiger partial charge in [0.1, 0.15) is 0 Å². The number of carbonyl (C=O) groups excluding carboxylic acids is 1. The average Bonchev–Trinajstić information content (AvgIpc) is 2.76. The van der Waals surface area contributed by atoms with Crippen molar-refractivity contribution in [2.24, 2.45) is 4.99 Å². The van der Waals surface area contributed by atoms with Crippen molar-refractivity contribution in [3.63, 3.8) is 0 Å². The predicted octanol–water partition coefficient (Wildman–Crippen LogP) is 2.17. The summed E-state index contributed by atoms with van der Waals surface area (Å²) in [6, 6.07) is 9.15. The Bertz CT molecular complexity index is 681. The first-order valence-electron chi connectivity index (χ1n) is 11.0. The topological polar surface area (TPSA) is 72.0 Å². The molecule has 1 amide bonds. The SMILES string of the molecule is CCC1CCCCN1CCNC(=NC)NCc1ccc(N2CCNC(=O)C2)cc1.I. The van der Waals surface area contributed by atoms with Gasteiger partial charge in [0.2, 0.25) is 5.91 Å². The molecule has 0 bridgehead atoms. The van der Waals surface area contributed by atoms with Crippen LogP contribution in [0.2, 0.25) is 0 Å². The lowest BCUT2D eigenvalue weighted by Gasteiger charge is -2.35. The minimum Gasteiger partial charge on any atom is -0.360 e. The predicted molar refractivity (Wildman–Crippen MR) is 135 cm³/mol. The van der Waals surface area contributed by atoms with Crippen molar-refractivity contribution in [3.8, 4) is 0 Å². The van der Waals surface area contributed by atoms with Gasteiger partial charge in [-0.2, -0.15) is 0 Å². The van der Waals surface area contributed by atoms with Crippen LogP contribution in [0.4, 0.5) is 5.69 Å². The number of nitrogens with one attached hydrogen (secondary N) is 3. The van der Waals surface area contributed by atoms with E-state index >= 15 is 0 Å². The van der Waals surface area contributed by atoms with Crippen molar-refractivity contribution in [1.82, 2.24) is 20.9 Å². The maximum Gasteiger partial charge on any atom is 0.239 e. The van der Waals surface area contributed by atoms with Gasteiger partial charge in [-0.3, -0.25) is 14.7 Å². The summed E-state index contributed by atoms with van der Waals surface area (Å²) in [5.41, 5.74) is 2.29. The van der Waals surface area contributed by atoms with Crippen LogP contribution >= 0.6 is 24.0 Å². The molecule has 0 spiro atoms. The van der Waals surface area contributed by atoms with E-state index in [1.165, 1.54) is 37.8 Å². The molecule has 1 aromatic rings. The molecule has 0 radical (unpaired) electrons. The number of benzene rings is 1. The normalized spacial score (nSPS) is 20.3. The average molecular weight is 528 g/mol. The number of nitrogens with zero attached hydrogens (tertiary/aromatic N) is 3. The summed E-state index contributed by atoms with van der Waals surface area (Å²) in [6.45, 7) is 8.21. The number of likely N-dealkylation sites (tertiary alicyclic amines) is 1. The second-order valence-electron chi connectivity index (χ2n) is 7.88. The summed E-state index contributed by atoms with van der Waals surface area (Å²) in [6.07, 6.45) is 5.27. The van der Waals surface area contributed by atoms with Gasteiger partial charge in [-0.15, -0.1) is 24.0 Å². The van der Waals surface area contributed by atoms with Crippen LogP contribution in [0.3, 0.4) is 0 Å². The summed E-state index contributed by atoms with van der Waals surface area (Å²) in [4.78, 5) is 20.6. The van der Waals surface area contributed by atoms with Gasteiger partial charge < -0.3 is 20.9 Å². The third-order valence-electron chi connectivity index (χ3n) is 5.94. The molecular formula is C22H37IN6O. The van der Waals surface area contributed by atoms with Crippen molar-refractivity contribution in [2.75, 3.05) is 51.2 Å². The van der Waals surface area contributed by atoms with Crippen LogP contribution in [-0.2, 0) is 11.3 Å². The molecule has 2 aliphatic rings. The maximum absolute atomic E-state index is 11.6. The summed E-state index contributed by atoms with van der Waals surface area (Å²) < 4.78 is 0. The number of piperazine rings is 1. The molecule has 3 N–H and O–H groups in total. The van der Waals surface area contributed by atoms with E-state index in [1.54, 1.807) is 0 Å². The molecule has 2 aliphatic heterocycles. The van der Waals surface area contributed by atoms with Crippen LogP contribution in [0.1, 0.15) is 38.2 Å². The molecule has 1 aromatic carbocycles. The van der Waals surface area contributed by atoms with Crippen molar-refractivity contribution < 1.29 is 4.79 Å². The highest BCUT2D eigenvalue weighted by Gasteiger charge is 2.20. The van der Waals surface area contributed by atoms with E-state index in [0.717, 1.165) is 43.9 Å². The van der Waals surface area contributed by atoms with E-state index < -0.39 is 0 Å². The fraction of sp³-hybridized carbons (Fsp3) is 0.636.